The van der Waals surface area contributed by atoms with Gasteiger partial charge in [-0.3, -0.25) is 4.79 Å². The van der Waals surface area contributed by atoms with Gasteiger partial charge in [0.1, 0.15) is 0 Å². The molecule has 0 unspecified atom stereocenters. The highest BCUT2D eigenvalue weighted by Gasteiger charge is 2.64. The van der Waals surface area contributed by atoms with E-state index in [1.807, 2.05) is 0 Å². The van der Waals surface area contributed by atoms with Crippen molar-refractivity contribution in [2.75, 3.05) is 0 Å². The lowest BCUT2D eigenvalue weighted by molar-refractivity contribution is -0.132. The van der Waals surface area contributed by atoms with E-state index in [9.17, 15) is 4.79 Å². The van der Waals surface area contributed by atoms with Crippen molar-refractivity contribution in [1.29, 1.82) is 0 Å². The molecule has 0 spiro atoms. The largest absolute Gasteiger partial charge is 0.328 e. The van der Waals surface area contributed by atoms with Gasteiger partial charge < -0.3 is 4.90 Å². The molecule has 2 bridgehead atoms. The number of fused-ring (bicyclic) bond motifs is 8. The zero-order valence-electron chi connectivity index (χ0n) is 8.68. The van der Waals surface area contributed by atoms with Gasteiger partial charge in [0.2, 0.25) is 5.91 Å². The normalized spacial score (nSPS) is 38.9. The van der Waals surface area contributed by atoms with E-state index in [1.54, 1.807) is 6.92 Å². The Hall–Kier alpha value is -1.31. The van der Waals surface area contributed by atoms with Gasteiger partial charge in [0.05, 0.1) is 12.1 Å². The highest BCUT2D eigenvalue weighted by atomic mass is 16.2. The first kappa shape index (κ1) is 7.91. The van der Waals surface area contributed by atoms with Crippen LogP contribution in [0.2, 0.25) is 0 Å². The van der Waals surface area contributed by atoms with E-state index in [0.29, 0.717) is 12.1 Å². The molecule has 1 aliphatic carbocycles. The van der Waals surface area contributed by atoms with Gasteiger partial charge in [0.25, 0.3) is 0 Å². The Bertz CT molecular complexity index is 432. The standard InChI is InChI=1S/C13H13NO/c1-7(15)14-12-8-4-2-3-5-9(8)13(14)11-6-10(11)12/h2-5,10-13H,6H2,1H3/t10-,11+,12+,13-. The number of hydrogen-bond donors (Lipinski definition) is 0. The highest BCUT2D eigenvalue weighted by molar-refractivity contribution is 5.77. The van der Waals surface area contributed by atoms with Crippen LogP contribution < -0.4 is 0 Å². The van der Waals surface area contributed by atoms with E-state index < -0.39 is 0 Å². The van der Waals surface area contributed by atoms with Crippen LogP contribution in [0.25, 0.3) is 0 Å². The average molecular weight is 199 g/mol. The summed E-state index contributed by atoms with van der Waals surface area (Å²) in [5.41, 5.74) is 2.83. The average Bonchev–Trinajstić information content (AvgIpc) is 2.87. The number of hydrogen-bond acceptors (Lipinski definition) is 1. The van der Waals surface area contributed by atoms with Crippen molar-refractivity contribution >= 4 is 5.91 Å². The summed E-state index contributed by atoms with van der Waals surface area (Å²) in [6, 6.07) is 9.40. The van der Waals surface area contributed by atoms with Gasteiger partial charge in [-0.05, 0) is 29.4 Å². The maximum absolute atomic E-state index is 11.7. The second-order valence-corrected chi connectivity index (χ2v) is 5.01. The lowest BCUT2D eigenvalue weighted by atomic mass is 9.92. The quantitative estimate of drug-likeness (QED) is 0.627. The summed E-state index contributed by atoms with van der Waals surface area (Å²) >= 11 is 0. The summed E-state index contributed by atoms with van der Waals surface area (Å²) in [4.78, 5) is 13.8. The monoisotopic (exact) mass is 199 g/mol. The third kappa shape index (κ3) is 0.760. The molecule has 1 aromatic carbocycles. The maximum atomic E-state index is 11.7. The molecule has 4 atom stereocenters. The minimum atomic E-state index is 0.244. The second-order valence-electron chi connectivity index (χ2n) is 5.01. The Balaban J connectivity index is 1.93. The molecule has 1 aromatic rings. The van der Waals surface area contributed by atoms with E-state index in [2.05, 4.69) is 29.2 Å². The van der Waals surface area contributed by atoms with E-state index in [-0.39, 0.29) is 5.91 Å². The van der Waals surface area contributed by atoms with E-state index in [4.69, 9.17) is 0 Å². The Labute approximate surface area is 88.9 Å². The van der Waals surface area contributed by atoms with Crippen molar-refractivity contribution in [3.05, 3.63) is 35.4 Å². The molecule has 4 rings (SSSR count). The molecule has 0 aromatic heterocycles. The molecular weight excluding hydrogens is 186 g/mol. The second kappa shape index (κ2) is 2.26. The van der Waals surface area contributed by atoms with Gasteiger partial charge >= 0.3 is 0 Å². The van der Waals surface area contributed by atoms with Crippen molar-refractivity contribution in [2.24, 2.45) is 11.8 Å². The van der Waals surface area contributed by atoms with Gasteiger partial charge in [-0.15, -0.1) is 0 Å². The summed E-state index contributed by atoms with van der Waals surface area (Å²) in [5.74, 6) is 1.79. The van der Waals surface area contributed by atoms with Crippen LogP contribution in [0.15, 0.2) is 24.3 Å². The molecule has 2 fully saturated rings. The third-order valence-corrected chi connectivity index (χ3v) is 4.30. The lowest BCUT2D eigenvalue weighted by Crippen LogP contribution is -2.27. The minimum Gasteiger partial charge on any atom is -0.328 e. The molecule has 1 amide bonds. The van der Waals surface area contributed by atoms with Crippen LogP contribution in [0.4, 0.5) is 0 Å². The van der Waals surface area contributed by atoms with Gasteiger partial charge in [-0.2, -0.15) is 0 Å². The van der Waals surface area contributed by atoms with Crippen LogP contribution in [0, 0.1) is 11.8 Å². The van der Waals surface area contributed by atoms with Crippen LogP contribution in [0.3, 0.4) is 0 Å². The molecule has 3 aliphatic rings. The fraction of sp³-hybridized carbons (Fsp3) is 0.462. The van der Waals surface area contributed by atoms with Crippen molar-refractivity contribution in [3.63, 3.8) is 0 Å². The molecular formula is C13H13NO. The van der Waals surface area contributed by atoms with Crippen LogP contribution in [-0.2, 0) is 4.79 Å². The number of amides is 1. The van der Waals surface area contributed by atoms with Gasteiger partial charge in [0.15, 0.2) is 0 Å². The summed E-state index contributed by atoms with van der Waals surface area (Å²) in [6.07, 6.45) is 1.33. The zero-order chi connectivity index (χ0) is 10.2. The van der Waals surface area contributed by atoms with Crippen molar-refractivity contribution < 1.29 is 4.79 Å². The number of benzene rings is 1. The predicted octanol–water partition coefficient (Wildman–Crippen LogP) is 2.28. The van der Waals surface area contributed by atoms with Crippen LogP contribution in [0.5, 0.6) is 0 Å². The fourth-order valence-corrected chi connectivity index (χ4v) is 3.75. The maximum Gasteiger partial charge on any atom is 0.220 e. The molecule has 2 nitrogen and oxygen atoms in total. The SMILES string of the molecule is CC(=O)N1[C@@H]2c3ccccc3[C@H]1[C@@H]1C[C@@H]12. The smallest absolute Gasteiger partial charge is 0.220 e. The van der Waals surface area contributed by atoms with Gasteiger partial charge in [-0.25, -0.2) is 0 Å². The number of piperidine rings is 1. The zero-order valence-corrected chi connectivity index (χ0v) is 8.68. The molecule has 0 N–H and O–H groups in total. The number of carbonyl (C=O) groups is 1. The van der Waals surface area contributed by atoms with Crippen LogP contribution in [-0.4, -0.2) is 10.8 Å². The first-order valence-corrected chi connectivity index (χ1v) is 5.67. The Morgan fingerprint density at radius 3 is 2.20 bits per heavy atom. The lowest BCUT2D eigenvalue weighted by Gasteiger charge is -2.24. The van der Waals surface area contributed by atoms with Crippen molar-refractivity contribution in [3.8, 4) is 0 Å². The van der Waals surface area contributed by atoms with E-state index >= 15 is 0 Å². The number of carbonyl (C=O) groups excluding carboxylic acids is 1. The summed E-state index contributed by atoms with van der Waals surface area (Å²) in [6.45, 7) is 1.70. The Morgan fingerprint density at radius 2 is 1.73 bits per heavy atom. The molecule has 76 valence electrons. The van der Waals surface area contributed by atoms with Gasteiger partial charge in [-0.1, -0.05) is 24.3 Å². The molecule has 15 heavy (non-hydrogen) atoms. The van der Waals surface area contributed by atoms with Gasteiger partial charge in [0, 0.05) is 6.92 Å². The van der Waals surface area contributed by atoms with Crippen LogP contribution in [0.1, 0.15) is 36.6 Å². The molecule has 1 saturated carbocycles. The third-order valence-electron chi connectivity index (χ3n) is 4.30. The first-order valence-electron chi connectivity index (χ1n) is 5.67. The van der Waals surface area contributed by atoms with Crippen molar-refractivity contribution in [1.82, 2.24) is 4.90 Å². The highest BCUT2D eigenvalue weighted by Crippen LogP contribution is 2.70. The van der Waals surface area contributed by atoms with E-state index in [0.717, 1.165) is 11.8 Å². The summed E-state index contributed by atoms with van der Waals surface area (Å²) in [5, 5.41) is 0. The first-order chi connectivity index (χ1) is 7.29. The molecule has 2 heteroatoms. The van der Waals surface area contributed by atoms with Crippen LogP contribution >= 0.6 is 0 Å². The fourth-order valence-electron chi connectivity index (χ4n) is 3.75. The topological polar surface area (TPSA) is 20.3 Å². The number of nitrogens with zero attached hydrogens (tertiary/aromatic N) is 1. The summed E-state index contributed by atoms with van der Waals surface area (Å²) < 4.78 is 0. The summed E-state index contributed by atoms with van der Waals surface area (Å²) in [7, 11) is 0. The minimum absolute atomic E-state index is 0.244. The van der Waals surface area contributed by atoms with E-state index in [1.165, 1.54) is 17.5 Å². The Morgan fingerprint density at radius 1 is 1.20 bits per heavy atom. The number of rotatable bonds is 0. The van der Waals surface area contributed by atoms with Crippen molar-refractivity contribution in [2.45, 2.75) is 25.4 Å². The molecule has 0 radical (unpaired) electrons. The molecule has 1 saturated heterocycles. The predicted molar refractivity (Wildman–Crippen MR) is 56.0 cm³/mol. The molecule has 2 heterocycles. The molecule has 2 aliphatic heterocycles. The Kier molecular flexibility index (Phi) is 1.19.